The molecule has 3 rings (SSSR count). The van der Waals surface area contributed by atoms with Gasteiger partial charge < -0.3 is 20.7 Å². The molecule has 1 aromatic rings. The van der Waals surface area contributed by atoms with Gasteiger partial charge >= 0.3 is 6.18 Å². The highest BCUT2D eigenvalue weighted by molar-refractivity contribution is 5.82. The Kier molecular flexibility index (Phi) is 7.38. The summed E-state index contributed by atoms with van der Waals surface area (Å²) in [4.78, 5) is 16.3. The third-order valence-electron chi connectivity index (χ3n) is 5.91. The van der Waals surface area contributed by atoms with Gasteiger partial charge in [0.05, 0.1) is 19.1 Å². The first-order chi connectivity index (χ1) is 14.3. The SMILES string of the molecule is COc1nc(NCC2CCC(C(F)(F)F)CC2)c(F)cc1CNC(=O)[C@@H]1CCCN1. The lowest BCUT2D eigenvalue weighted by Crippen LogP contribution is -2.40. The van der Waals surface area contributed by atoms with Crippen LogP contribution in [-0.4, -0.2) is 43.3 Å². The summed E-state index contributed by atoms with van der Waals surface area (Å²) < 4.78 is 58.1. The average molecular weight is 432 g/mol. The van der Waals surface area contributed by atoms with Gasteiger partial charge in [-0.1, -0.05) is 0 Å². The van der Waals surface area contributed by atoms with E-state index in [-0.39, 0.29) is 49.0 Å². The number of aromatic nitrogens is 1. The molecule has 1 saturated carbocycles. The summed E-state index contributed by atoms with van der Waals surface area (Å²) in [5.41, 5.74) is 0.414. The molecule has 2 aliphatic rings. The van der Waals surface area contributed by atoms with Gasteiger partial charge in [-0.3, -0.25) is 4.79 Å². The Morgan fingerprint density at radius 3 is 2.60 bits per heavy atom. The van der Waals surface area contributed by atoms with Crippen molar-refractivity contribution in [1.82, 2.24) is 15.6 Å². The van der Waals surface area contributed by atoms with Gasteiger partial charge in [0, 0.05) is 18.7 Å². The zero-order valence-corrected chi connectivity index (χ0v) is 16.9. The number of pyridine rings is 1. The van der Waals surface area contributed by atoms with Crippen molar-refractivity contribution in [3.05, 3.63) is 17.4 Å². The van der Waals surface area contributed by atoms with Crippen molar-refractivity contribution in [1.29, 1.82) is 0 Å². The molecule has 2 heterocycles. The third-order valence-corrected chi connectivity index (χ3v) is 5.91. The number of nitrogens with one attached hydrogen (secondary N) is 3. The molecule has 10 heteroatoms. The molecule has 6 nitrogen and oxygen atoms in total. The number of hydrogen-bond donors (Lipinski definition) is 3. The van der Waals surface area contributed by atoms with Crippen molar-refractivity contribution in [2.45, 2.75) is 57.3 Å². The van der Waals surface area contributed by atoms with Gasteiger partial charge in [0.2, 0.25) is 11.8 Å². The average Bonchev–Trinajstić information content (AvgIpc) is 3.26. The number of rotatable bonds is 7. The highest BCUT2D eigenvalue weighted by atomic mass is 19.4. The summed E-state index contributed by atoms with van der Waals surface area (Å²) in [5, 5.41) is 8.76. The first kappa shape index (κ1) is 22.6. The molecule has 0 unspecified atom stereocenters. The standard InChI is InChI=1S/C20H28F4N4O2/c1-30-19-13(11-27-18(29)16-3-2-8-25-16)9-15(21)17(28-19)26-10-12-4-6-14(7-5-12)20(22,23)24/h9,12,14,16,25H,2-8,10-11H2,1H3,(H,26,28)(H,27,29)/t12?,14?,16-/m0/s1. The van der Waals surface area contributed by atoms with Crippen LogP contribution in [0.5, 0.6) is 5.88 Å². The van der Waals surface area contributed by atoms with Gasteiger partial charge in [-0.05, 0) is 57.1 Å². The second kappa shape index (κ2) is 9.80. The van der Waals surface area contributed by atoms with Gasteiger partial charge in [0.1, 0.15) is 0 Å². The first-order valence-electron chi connectivity index (χ1n) is 10.3. The fourth-order valence-electron chi connectivity index (χ4n) is 4.09. The minimum absolute atomic E-state index is 0.00247. The van der Waals surface area contributed by atoms with E-state index in [1.807, 2.05) is 0 Å². The molecule has 0 spiro atoms. The summed E-state index contributed by atoms with van der Waals surface area (Å²) in [7, 11) is 1.41. The molecule has 2 fully saturated rings. The Morgan fingerprint density at radius 2 is 2.00 bits per heavy atom. The number of alkyl halides is 3. The Labute approximate surface area is 173 Å². The summed E-state index contributed by atoms with van der Waals surface area (Å²) in [5.74, 6) is -1.75. The van der Waals surface area contributed by atoms with Crippen LogP contribution in [0.25, 0.3) is 0 Å². The maximum atomic E-state index is 14.5. The molecule has 0 bridgehead atoms. The van der Waals surface area contributed by atoms with E-state index in [9.17, 15) is 22.4 Å². The van der Waals surface area contributed by atoms with Crippen LogP contribution in [0.4, 0.5) is 23.4 Å². The van der Waals surface area contributed by atoms with Crippen LogP contribution in [0.15, 0.2) is 6.07 Å². The number of amides is 1. The minimum Gasteiger partial charge on any atom is -0.481 e. The fourth-order valence-corrected chi connectivity index (χ4v) is 4.09. The molecular formula is C20H28F4N4O2. The van der Waals surface area contributed by atoms with E-state index in [1.165, 1.54) is 13.2 Å². The Hall–Kier alpha value is -2.10. The molecule has 3 N–H and O–H groups in total. The van der Waals surface area contributed by atoms with Crippen molar-refractivity contribution in [2.24, 2.45) is 11.8 Å². The Morgan fingerprint density at radius 1 is 1.27 bits per heavy atom. The first-order valence-corrected chi connectivity index (χ1v) is 10.3. The number of carbonyl (C=O) groups excluding carboxylic acids is 1. The Bertz CT molecular complexity index is 730. The number of methoxy groups -OCH3 is 1. The van der Waals surface area contributed by atoms with Crippen molar-refractivity contribution in [3.63, 3.8) is 0 Å². The molecule has 1 aliphatic heterocycles. The van der Waals surface area contributed by atoms with E-state index in [0.29, 0.717) is 24.9 Å². The van der Waals surface area contributed by atoms with Crippen LogP contribution in [-0.2, 0) is 11.3 Å². The van der Waals surface area contributed by atoms with E-state index in [0.717, 1.165) is 19.4 Å². The summed E-state index contributed by atoms with van der Waals surface area (Å²) in [6.45, 7) is 1.24. The summed E-state index contributed by atoms with van der Waals surface area (Å²) in [6.07, 6.45) is -1.35. The van der Waals surface area contributed by atoms with Gasteiger partial charge in [0.15, 0.2) is 11.6 Å². The number of ether oxygens (including phenoxy) is 1. The normalized spacial score (nSPS) is 24.5. The van der Waals surface area contributed by atoms with Crippen molar-refractivity contribution in [3.8, 4) is 5.88 Å². The third kappa shape index (κ3) is 5.74. The lowest BCUT2D eigenvalue weighted by Gasteiger charge is -2.30. The van der Waals surface area contributed by atoms with Crippen molar-refractivity contribution >= 4 is 11.7 Å². The molecule has 168 valence electrons. The number of carbonyl (C=O) groups is 1. The van der Waals surface area contributed by atoms with Crippen LogP contribution in [0.2, 0.25) is 0 Å². The molecular weight excluding hydrogens is 404 g/mol. The quantitative estimate of drug-likeness (QED) is 0.576. The lowest BCUT2D eigenvalue weighted by atomic mass is 9.81. The molecule has 30 heavy (non-hydrogen) atoms. The van der Waals surface area contributed by atoms with Gasteiger partial charge in [-0.15, -0.1) is 0 Å². The molecule has 0 aromatic carbocycles. The van der Waals surface area contributed by atoms with E-state index in [1.54, 1.807) is 0 Å². The Balaban J connectivity index is 1.54. The molecule has 1 saturated heterocycles. The molecule has 1 aromatic heterocycles. The minimum atomic E-state index is -4.14. The van der Waals surface area contributed by atoms with Crippen LogP contribution >= 0.6 is 0 Å². The largest absolute Gasteiger partial charge is 0.481 e. The van der Waals surface area contributed by atoms with E-state index < -0.39 is 17.9 Å². The number of halogens is 4. The predicted octanol–water partition coefficient (Wildman–Crippen LogP) is 3.38. The predicted molar refractivity (Wildman–Crippen MR) is 104 cm³/mol. The zero-order chi connectivity index (χ0) is 21.7. The van der Waals surface area contributed by atoms with Gasteiger partial charge in [-0.2, -0.15) is 18.2 Å². The second-order valence-electron chi connectivity index (χ2n) is 7.99. The van der Waals surface area contributed by atoms with E-state index >= 15 is 0 Å². The zero-order valence-electron chi connectivity index (χ0n) is 16.9. The topological polar surface area (TPSA) is 75.3 Å². The molecule has 1 aliphatic carbocycles. The summed E-state index contributed by atoms with van der Waals surface area (Å²) in [6, 6.07) is 1.03. The highest BCUT2D eigenvalue weighted by Crippen LogP contribution is 2.39. The number of anilines is 1. The molecule has 1 atom stereocenters. The van der Waals surface area contributed by atoms with Crippen molar-refractivity contribution in [2.75, 3.05) is 25.5 Å². The number of nitrogens with zero attached hydrogens (tertiary/aromatic N) is 1. The second-order valence-corrected chi connectivity index (χ2v) is 7.99. The van der Waals surface area contributed by atoms with Crippen LogP contribution < -0.4 is 20.7 Å². The fraction of sp³-hybridized carbons (Fsp3) is 0.700. The van der Waals surface area contributed by atoms with Gasteiger partial charge in [-0.25, -0.2) is 4.39 Å². The van der Waals surface area contributed by atoms with E-state index in [2.05, 4.69) is 20.9 Å². The molecule has 1 amide bonds. The summed E-state index contributed by atoms with van der Waals surface area (Å²) >= 11 is 0. The van der Waals surface area contributed by atoms with E-state index in [4.69, 9.17) is 4.74 Å². The van der Waals surface area contributed by atoms with Crippen molar-refractivity contribution < 1.29 is 27.1 Å². The maximum Gasteiger partial charge on any atom is 0.391 e. The number of hydrogen-bond acceptors (Lipinski definition) is 5. The lowest BCUT2D eigenvalue weighted by molar-refractivity contribution is -0.183. The monoisotopic (exact) mass is 432 g/mol. The highest BCUT2D eigenvalue weighted by Gasteiger charge is 2.41. The van der Waals surface area contributed by atoms with Crippen LogP contribution in [0.1, 0.15) is 44.1 Å². The molecule has 0 radical (unpaired) electrons. The smallest absolute Gasteiger partial charge is 0.391 e. The van der Waals surface area contributed by atoms with Gasteiger partial charge in [0.25, 0.3) is 0 Å². The van der Waals surface area contributed by atoms with Crippen LogP contribution in [0, 0.1) is 17.7 Å². The van der Waals surface area contributed by atoms with Crippen LogP contribution in [0.3, 0.4) is 0 Å². The maximum absolute atomic E-state index is 14.5.